The van der Waals surface area contributed by atoms with Crippen molar-refractivity contribution in [3.05, 3.63) is 24.0 Å². The molecule has 19 heavy (non-hydrogen) atoms. The summed E-state index contributed by atoms with van der Waals surface area (Å²) in [7, 11) is 1.33. The minimum absolute atomic E-state index is 0.0721. The van der Waals surface area contributed by atoms with Crippen molar-refractivity contribution in [2.24, 2.45) is 5.73 Å². The van der Waals surface area contributed by atoms with E-state index in [1.54, 1.807) is 12.3 Å². The molecule has 0 aromatic carbocycles. The van der Waals surface area contributed by atoms with Crippen molar-refractivity contribution in [1.82, 2.24) is 4.98 Å². The Kier molecular flexibility index (Phi) is 4.01. The van der Waals surface area contributed by atoms with E-state index >= 15 is 0 Å². The molecule has 0 bridgehead atoms. The largest absolute Gasteiger partial charge is 0.464 e. The number of piperidine rings is 1. The van der Waals surface area contributed by atoms with Gasteiger partial charge in [-0.1, -0.05) is 0 Å². The van der Waals surface area contributed by atoms with Crippen LogP contribution < -0.4 is 10.6 Å². The zero-order chi connectivity index (χ0) is 13.9. The van der Waals surface area contributed by atoms with Gasteiger partial charge in [-0.05, 0) is 25.0 Å². The molecule has 1 atom stereocenters. The fourth-order valence-corrected chi connectivity index (χ4v) is 2.40. The normalized spacial score (nSPS) is 23.2. The molecule has 1 aromatic heterocycles. The maximum Gasteiger partial charge on any atom is 0.358 e. The van der Waals surface area contributed by atoms with Gasteiger partial charge in [0, 0.05) is 19.3 Å². The Hall–Kier alpha value is -1.66. The number of ether oxygens (including phenoxy) is 1. The van der Waals surface area contributed by atoms with Crippen molar-refractivity contribution in [2.75, 3.05) is 31.7 Å². The molecule has 1 fully saturated rings. The molecule has 1 saturated heterocycles. The van der Waals surface area contributed by atoms with Crippen LogP contribution in [-0.2, 0) is 4.74 Å². The Bertz CT molecular complexity index is 466. The number of aliphatic hydroxyl groups excluding tert-OH is 1. The molecule has 6 nitrogen and oxygen atoms in total. The highest BCUT2D eigenvalue weighted by molar-refractivity contribution is 5.93. The molecule has 3 N–H and O–H groups in total. The van der Waals surface area contributed by atoms with E-state index in [0.29, 0.717) is 12.2 Å². The standard InChI is InChI=1S/C13H19N3O3/c1-19-12(18)11-10(4-2-6-15-11)16-7-3-5-13(14,8-16)9-17/h2,4,6,17H,3,5,7-9,14H2,1H3. The number of esters is 1. The van der Waals surface area contributed by atoms with Crippen molar-refractivity contribution < 1.29 is 14.6 Å². The molecule has 0 radical (unpaired) electrons. The van der Waals surface area contributed by atoms with Crippen LogP contribution in [-0.4, -0.2) is 48.4 Å². The van der Waals surface area contributed by atoms with Crippen LogP contribution in [0.15, 0.2) is 18.3 Å². The summed E-state index contributed by atoms with van der Waals surface area (Å²) in [5.41, 5.74) is 6.48. The van der Waals surface area contributed by atoms with Crippen LogP contribution in [0.5, 0.6) is 0 Å². The van der Waals surface area contributed by atoms with Crippen LogP contribution in [0.2, 0.25) is 0 Å². The highest BCUT2D eigenvalue weighted by atomic mass is 16.5. The van der Waals surface area contributed by atoms with Gasteiger partial charge in [-0.15, -0.1) is 0 Å². The third-order valence-electron chi connectivity index (χ3n) is 3.43. The number of rotatable bonds is 3. The van der Waals surface area contributed by atoms with Crippen LogP contribution in [0.3, 0.4) is 0 Å². The monoisotopic (exact) mass is 265 g/mol. The second kappa shape index (κ2) is 5.54. The predicted molar refractivity (Wildman–Crippen MR) is 71.0 cm³/mol. The number of hydrogen-bond acceptors (Lipinski definition) is 6. The van der Waals surface area contributed by atoms with Crippen LogP contribution in [0.1, 0.15) is 23.3 Å². The summed E-state index contributed by atoms with van der Waals surface area (Å²) in [4.78, 5) is 17.8. The van der Waals surface area contributed by atoms with Crippen molar-refractivity contribution >= 4 is 11.7 Å². The smallest absolute Gasteiger partial charge is 0.358 e. The number of anilines is 1. The molecule has 0 aliphatic carbocycles. The number of pyridine rings is 1. The molecule has 2 heterocycles. The third kappa shape index (κ3) is 2.85. The van der Waals surface area contributed by atoms with Gasteiger partial charge in [0.05, 0.1) is 24.9 Å². The summed E-state index contributed by atoms with van der Waals surface area (Å²) in [5.74, 6) is -0.465. The van der Waals surface area contributed by atoms with E-state index < -0.39 is 11.5 Å². The van der Waals surface area contributed by atoms with Crippen LogP contribution in [0, 0.1) is 0 Å². The Morgan fingerprint density at radius 1 is 1.68 bits per heavy atom. The molecule has 1 aromatic rings. The molecule has 1 aliphatic heterocycles. The SMILES string of the molecule is COC(=O)c1ncccc1N1CCCC(N)(CO)C1. The van der Waals surface area contributed by atoms with E-state index in [-0.39, 0.29) is 12.3 Å². The quantitative estimate of drug-likeness (QED) is 0.757. The van der Waals surface area contributed by atoms with Crippen molar-refractivity contribution in [2.45, 2.75) is 18.4 Å². The van der Waals surface area contributed by atoms with E-state index in [0.717, 1.165) is 19.4 Å². The van der Waals surface area contributed by atoms with Gasteiger partial charge in [0.1, 0.15) is 0 Å². The maximum atomic E-state index is 11.7. The highest BCUT2D eigenvalue weighted by Gasteiger charge is 2.32. The fourth-order valence-electron chi connectivity index (χ4n) is 2.40. The number of carbonyl (C=O) groups is 1. The molecule has 6 heteroatoms. The van der Waals surface area contributed by atoms with Gasteiger partial charge in [-0.2, -0.15) is 0 Å². The first kappa shape index (κ1) is 13.8. The average molecular weight is 265 g/mol. The summed E-state index contributed by atoms with van der Waals surface area (Å²) >= 11 is 0. The maximum absolute atomic E-state index is 11.7. The minimum atomic E-state index is -0.624. The second-order valence-electron chi connectivity index (χ2n) is 4.91. The highest BCUT2D eigenvalue weighted by Crippen LogP contribution is 2.26. The van der Waals surface area contributed by atoms with Gasteiger partial charge in [-0.25, -0.2) is 9.78 Å². The van der Waals surface area contributed by atoms with Crippen LogP contribution in [0.25, 0.3) is 0 Å². The molecule has 0 saturated carbocycles. The van der Waals surface area contributed by atoms with E-state index in [1.165, 1.54) is 7.11 Å². The molecular formula is C13H19N3O3. The van der Waals surface area contributed by atoms with Gasteiger partial charge in [0.2, 0.25) is 0 Å². The lowest BCUT2D eigenvalue weighted by atomic mass is 9.90. The van der Waals surface area contributed by atoms with E-state index in [9.17, 15) is 9.90 Å². The molecule has 1 aliphatic rings. The van der Waals surface area contributed by atoms with Gasteiger partial charge < -0.3 is 20.5 Å². The number of nitrogens with two attached hydrogens (primary N) is 1. The first-order chi connectivity index (χ1) is 9.09. The van der Waals surface area contributed by atoms with Crippen molar-refractivity contribution in [3.63, 3.8) is 0 Å². The van der Waals surface area contributed by atoms with Crippen molar-refractivity contribution in [3.8, 4) is 0 Å². The lowest BCUT2D eigenvalue weighted by molar-refractivity contribution is 0.0594. The molecule has 2 rings (SSSR count). The Morgan fingerprint density at radius 2 is 2.47 bits per heavy atom. The number of hydrogen-bond donors (Lipinski definition) is 2. The lowest BCUT2D eigenvalue weighted by Crippen LogP contribution is -2.57. The molecule has 0 spiro atoms. The summed E-state index contributed by atoms with van der Waals surface area (Å²) < 4.78 is 4.74. The zero-order valence-electron chi connectivity index (χ0n) is 11.0. The topological polar surface area (TPSA) is 88.7 Å². The summed E-state index contributed by atoms with van der Waals surface area (Å²) in [5, 5.41) is 9.38. The number of aromatic nitrogens is 1. The van der Waals surface area contributed by atoms with Gasteiger partial charge in [-0.3, -0.25) is 0 Å². The van der Waals surface area contributed by atoms with E-state index in [2.05, 4.69) is 4.98 Å². The van der Waals surface area contributed by atoms with Crippen LogP contribution in [0.4, 0.5) is 5.69 Å². The number of carbonyl (C=O) groups excluding carboxylic acids is 1. The third-order valence-corrected chi connectivity index (χ3v) is 3.43. The minimum Gasteiger partial charge on any atom is -0.464 e. The second-order valence-corrected chi connectivity index (χ2v) is 4.91. The Labute approximate surface area is 112 Å². The fraction of sp³-hybridized carbons (Fsp3) is 0.538. The first-order valence-corrected chi connectivity index (χ1v) is 6.28. The summed E-state index contributed by atoms with van der Waals surface area (Å²) in [6.45, 7) is 1.21. The first-order valence-electron chi connectivity index (χ1n) is 6.28. The van der Waals surface area contributed by atoms with E-state index in [4.69, 9.17) is 10.5 Å². The summed E-state index contributed by atoms with van der Waals surface area (Å²) in [6, 6.07) is 3.59. The molecule has 1 unspecified atom stereocenters. The number of nitrogens with zero attached hydrogens (tertiary/aromatic N) is 2. The number of aliphatic hydroxyl groups is 1. The summed E-state index contributed by atoms with van der Waals surface area (Å²) in [6.07, 6.45) is 3.20. The Morgan fingerprint density at radius 3 is 3.16 bits per heavy atom. The Balaban J connectivity index is 2.29. The number of methoxy groups -OCH3 is 1. The van der Waals surface area contributed by atoms with E-state index in [1.807, 2.05) is 11.0 Å². The molecular weight excluding hydrogens is 246 g/mol. The molecule has 104 valence electrons. The lowest BCUT2D eigenvalue weighted by Gasteiger charge is -2.40. The van der Waals surface area contributed by atoms with Gasteiger partial charge >= 0.3 is 5.97 Å². The van der Waals surface area contributed by atoms with Gasteiger partial charge in [0.25, 0.3) is 0 Å². The predicted octanol–water partition coefficient (Wildman–Crippen LogP) is 0.158. The van der Waals surface area contributed by atoms with Crippen LogP contribution >= 0.6 is 0 Å². The zero-order valence-corrected chi connectivity index (χ0v) is 11.0. The average Bonchev–Trinajstić information content (AvgIpc) is 2.46. The molecule has 0 amide bonds. The van der Waals surface area contributed by atoms with Gasteiger partial charge in [0.15, 0.2) is 5.69 Å². The van der Waals surface area contributed by atoms with Crippen molar-refractivity contribution in [1.29, 1.82) is 0 Å².